The summed E-state index contributed by atoms with van der Waals surface area (Å²) in [5.41, 5.74) is 0.792. The predicted octanol–water partition coefficient (Wildman–Crippen LogP) is 2.99. The topological polar surface area (TPSA) is 44.4 Å². The van der Waals surface area contributed by atoms with Crippen LogP contribution in [0.1, 0.15) is 58.3 Å². The van der Waals surface area contributed by atoms with E-state index in [-0.39, 0.29) is 11.6 Å². The quantitative estimate of drug-likeness (QED) is 0.832. The molecule has 24 heavy (non-hydrogen) atoms. The van der Waals surface area contributed by atoms with E-state index in [1.54, 1.807) is 0 Å². The van der Waals surface area contributed by atoms with Crippen LogP contribution in [-0.4, -0.2) is 42.6 Å². The molecule has 134 valence electrons. The fraction of sp³-hybridized carbons (Fsp3) is 0.950. The molecule has 0 aromatic carbocycles. The van der Waals surface area contributed by atoms with E-state index in [9.17, 15) is 4.79 Å². The van der Waals surface area contributed by atoms with Gasteiger partial charge in [0.05, 0.1) is 0 Å². The summed E-state index contributed by atoms with van der Waals surface area (Å²) < 4.78 is 0. The number of hydrogen-bond acceptors (Lipinski definition) is 2. The molecule has 2 amide bonds. The number of nitrogens with zero attached hydrogens (tertiary/aromatic N) is 1. The predicted molar refractivity (Wildman–Crippen MR) is 94.7 cm³/mol. The van der Waals surface area contributed by atoms with Crippen molar-refractivity contribution in [1.29, 1.82) is 0 Å². The standard InChI is InChI=1S/C20H33N3O/c1-2-23-5-3-14(4-6-23)12-21-18(24)22-20-9-15-7-16-10-19(8-15,13-20)17(16)11-20/h14-17H,2-13H2,1H3,(H2,21,22,24). The molecule has 0 radical (unpaired) electrons. The van der Waals surface area contributed by atoms with Gasteiger partial charge >= 0.3 is 6.03 Å². The van der Waals surface area contributed by atoms with Gasteiger partial charge in [-0.2, -0.15) is 0 Å². The number of fused-ring (bicyclic) bond motifs is 1. The Morgan fingerprint density at radius 1 is 1.17 bits per heavy atom. The monoisotopic (exact) mass is 331 g/mol. The number of carbonyl (C=O) groups is 1. The summed E-state index contributed by atoms with van der Waals surface area (Å²) >= 11 is 0. The molecular weight excluding hydrogens is 298 g/mol. The largest absolute Gasteiger partial charge is 0.338 e. The van der Waals surface area contributed by atoms with E-state index in [0.29, 0.717) is 11.3 Å². The van der Waals surface area contributed by atoms with Crippen LogP contribution < -0.4 is 10.6 Å². The normalized spacial score (nSPS) is 46.6. The lowest BCUT2D eigenvalue weighted by Crippen LogP contribution is -2.57. The van der Waals surface area contributed by atoms with Gasteiger partial charge in [0.15, 0.2) is 0 Å². The van der Waals surface area contributed by atoms with Crippen molar-refractivity contribution in [3.8, 4) is 0 Å². The molecule has 5 atom stereocenters. The summed E-state index contributed by atoms with van der Waals surface area (Å²) in [6, 6.07) is 0.114. The molecule has 0 aromatic heterocycles. The molecule has 1 heterocycles. The van der Waals surface area contributed by atoms with Crippen LogP contribution in [0.25, 0.3) is 0 Å². The fourth-order valence-electron chi connectivity index (χ4n) is 7.59. The van der Waals surface area contributed by atoms with Gasteiger partial charge in [-0.3, -0.25) is 0 Å². The second-order valence-electron chi connectivity index (χ2n) is 9.82. The van der Waals surface area contributed by atoms with Gasteiger partial charge in [-0.05, 0) is 100 Å². The third kappa shape index (κ3) is 2.32. The van der Waals surface area contributed by atoms with Crippen molar-refractivity contribution in [2.75, 3.05) is 26.2 Å². The summed E-state index contributed by atoms with van der Waals surface area (Å²) in [7, 11) is 0. The number of rotatable bonds is 4. The Kier molecular flexibility index (Phi) is 3.46. The molecule has 6 rings (SSSR count). The van der Waals surface area contributed by atoms with Crippen LogP contribution in [0, 0.1) is 29.1 Å². The number of piperidine rings is 1. The average Bonchev–Trinajstić information content (AvgIpc) is 2.68. The SMILES string of the molecule is CCN1CCC(CNC(=O)NC23CC4CC5CC(C4)(C2)C5C3)CC1. The third-order valence-electron chi connectivity index (χ3n) is 8.42. The van der Waals surface area contributed by atoms with Crippen LogP contribution in [0.2, 0.25) is 0 Å². The Balaban J connectivity index is 1.14. The van der Waals surface area contributed by atoms with E-state index >= 15 is 0 Å². The van der Waals surface area contributed by atoms with E-state index in [0.717, 1.165) is 30.8 Å². The molecule has 4 heteroatoms. The highest BCUT2D eigenvalue weighted by atomic mass is 16.2. The first kappa shape index (κ1) is 15.5. The van der Waals surface area contributed by atoms with E-state index in [4.69, 9.17) is 0 Å². The maximum absolute atomic E-state index is 12.6. The van der Waals surface area contributed by atoms with Crippen molar-refractivity contribution in [3.63, 3.8) is 0 Å². The highest BCUT2D eigenvalue weighted by Gasteiger charge is 2.70. The molecule has 6 fully saturated rings. The van der Waals surface area contributed by atoms with Crippen LogP contribution in [-0.2, 0) is 0 Å². The second kappa shape index (κ2) is 5.36. The lowest BCUT2D eigenvalue weighted by Gasteiger charge is -2.60. The van der Waals surface area contributed by atoms with Crippen LogP contribution in [0.15, 0.2) is 0 Å². The van der Waals surface area contributed by atoms with E-state index in [1.807, 2.05) is 0 Å². The van der Waals surface area contributed by atoms with Crippen LogP contribution in [0.5, 0.6) is 0 Å². The first-order chi connectivity index (χ1) is 11.6. The molecule has 5 aliphatic carbocycles. The fourth-order valence-corrected chi connectivity index (χ4v) is 7.59. The van der Waals surface area contributed by atoms with Crippen molar-refractivity contribution in [2.24, 2.45) is 29.1 Å². The van der Waals surface area contributed by atoms with Gasteiger partial charge < -0.3 is 15.5 Å². The van der Waals surface area contributed by atoms with Gasteiger partial charge in [0.2, 0.25) is 0 Å². The Bertz CT molecular complexity index is 527. The minimum absolute atomic E-state index is 0.114. The van der Waals surface area contributed by atoms with Crippen molar-refractivity contribution in [3.05, 3.63) is 0 Å². The summed E-state index contributed by atoms with van der Waals surface area (Å²) in [4.78, 5) is 15.1. The van der Waals surface area contributed by atoms with E-state index in [1.165, 1.54) is 64.5 Å². The number of hydrogen-bond donors (Lipinski definition) is 2. The number of nitrogens with one attached hydrogen (secondary N) is 2. The van der Waals surface area contributed by atoms with Gasteiger partial charge in [0.1, 0.15) is 0 Å². The molecule has 4 nitrogen and oxygen atoms in total. The van der Waals surface area contributed by atoms with Crippen molar-refractivity contribution >= 4 is 6.03 Å². The number of carbonyl (C=O) groups excluding carboxylic acids is 1. The summed E-state index contributed by atoms with van der Waals surface area (Å²) in [6.45, 7) is 6.65. The van der Waals surface area contributed by atoms with Crippen molar-refractivity contribution in [2.45, 2.75) is 63.8 Å². The average molecular weight is 332 g/mol. The van der Waals surface area contributed by atoms with Gasteiger partial charge in [-0.1, -0.05) is 6.92 Å². The smallest absolute Gasteiger partial charge is 0.315 e. The summed E-state index contributed by atoms with van der Waals surface area (Å²) in [5.74, 6) is 3.51. The Morgan fingerprint density at radius 3 is 2.79 bits per heavy atom. The second-order valence-corrected chi connectivity index (χ2v) is 9.82. The van der Waals surface area contributed by atoms with Crippen LogP contribution >= 0.6 is 0 Å². The zero-order valence-corrected chi connectivity index (χ0v) is 15.2. The Hall–Kier alpha value is -0.770. The lowest BCUT2D eigenvalue weighted by molar-refractivity contribution is -0.104. The van der Waals surface area contributed by atoms with Gasteiger partial charge in [-0.15, -0.1) is 0 Å². The van der Waals surface area contributed by atoms with Crippen molar-refractivity contribution in [1.82, 2.24) is 15.5 Å². The Labute approximate surface area is 146 Å². The molecule has 6 aliphatic rings. The highest BCUT2D eigenvalue weighted by molar-refractivity contribution is 5.75. The first-order valence-electron chi connectivity index (χ1n) is 10.4. The zero-order chi connectivity index (χ0) is 16.4. The minimum atomic E-state index is 0.114. The number of amides is 2. The molecule has 1 aliphatic heterocycles. The Morgan fingerprint density at radius 2 is 2.00 bits per heavy atom. The highest BCUT2D eigenvalue weighted by Crippen LogP contribution is 2.75. The van der Waals surface area contributed by atoms with E-state index < -0.39 is 0 Å². The summed E-state index contributed by atoms with van der Waals surface area (Å²) in [6.07, 6.45) is 10.7. The maximum atomic E-state index is 12.6. The van der Waals surface area contributed by atoms with E-state index in [2.05, 4.69) is 22.5 Å². The number of urea groups is 1. The number of likely N-dealkylation sites (tertiary alicyclic amines) is 1. The lowest BCUT2D eigenvalue weighted by atomic mass is 9.45. The molecule has 0 aromatic rings. The molecular formula is C20H33N3O. The summed E-state index contributed by atoms with van der Waals surface area (Å²) in [5, 5.41) is 6.69. The molecule has 1 spiro atoms. The first-order valence-corrected chi connectivity index (χ1v) is 10.4. The zero-order valence-electron chi connectivity index (χ0n) is 15.2. The minimum Gasteiger partial charge on any atom is -0.338 e. The van der Waals surface area contributed by atoms with Gasteiger partial charge in [0, 0.05) is 12.1 Å². The maximum Gasteiger partial charge on any atom is 0.315 e. The third-order valence-corrected chi connectivity index (χ3v) is 8.42. The molecule has 4 bridgehead atoms. The van der Waals surface area contributed by atoms with Crippen LogP contribution in [0.3, 0.4) is 0 Å². The van der Waals surface area contributed by atoms with Crippen molar-refractivity contribution < 1.29 is 4.79 Å². The van der Waals surface area contributed by atoms with Gasteiger partial charge in [0.25, 0.3) is 0 Å². The molecule has 5 unspecified atom stereocenters. The molecule has 5 saturated carbocycles. The van der Waals surface area contributed by atoms with Crippen LogP contribution in [0.4, 0.5) is 4.79 Å². The van der Waals surface area contributed by atoms with Gasteiger partial charge in [-0.25, -0.2) is 4.79 Å². The molecule has 1 saturated heterocycles. The molecule has 2 N–H and O–H groups in total.